The first-order valence-electron chi connectivity index (χ1n) is 6.78. The molecule has 0 aromatic carbocycles. The Morgan fingerprint density at radius 1 is 1.27 bits per heavy atom. The van der Waals surface area contributed by atoms with Crippen molar-refractivity contribution in [3.05, 3.63) is 11.3 Å². The minimum atomic E-state index is 0.903. The second-order valence-corrected chi connectivity index (χ2v) is 5.74. The van der Waals surface area contributed by atoms with Gasteiger partial charge in [0.05, 0.1) is 0 Å². The molecule has 2 fully saturated rings. The fourth-order valence-electron chi connectivity index (χ4n) is 4.22. The van der Waals surface area contributed by atoms with Crippen LogP contribution in [0, 0.1) is 5.92 Å². The largest absolute Gasteiger partial charge is 0.368 e. The van der Waals surface area contributed by atoms with Crippen molar-refractivity contribution >= 4 is 0 Å². The van der Waals surface area contributed by atoms with Crippen LogP contribution < -0.4 is 0 Å². The van der Waals surface area contributed by atoms with Gasteiger partial charge in [0.2, 0.25) is 0 Å². The Labute approximate surface area is 93.5 Å². The molecule has 0 N–H and O–H groups in total. The van der Waals surface area contributed by atoms with Gasteiger partial charge in [-0.15, -0.1) is 0 Å². The number of hydrogen-bond donors (Lipinski definition) is 0. The molecule has 0 amide bonds. The molecular formula is C14H23N. The first-order valence-corrected chi connectivity index (χ1v) is 6.78. The number of hydrogen-bond acceptors (Lipinski definition) is 1. The third-order valence-electron chi connectivity index (χ3n) is 4.79. The predicted molar refractivity (Wildman–Crippen MR) is 63.6 cm³/mol. The van der Waals surface area contributed by atoms with Gasteiger partial charge in [0.1, 0.15) is 0 Å². The number of nitrogens with zero attached hydrogens (tertiary/aromatic N) is 1. The number of rotatable bonds is 2. The molecular weight excluding hydrogens is 182 g/mol. The van der Waals surface area contributed by atoms with Crippen molar-refractivity contribution < 1.29 is 0 Å². The second-order valence-electron chi connectivity index (χ2n) is 5.74. The van der Waals surface area contributed by atoms with Crippen LogP contribution >= 0.6 is 0 Å². The van der Waals surface area contributed by atoms with E-state index in [0.29, 0.717) is 0 Å². The third-order valence-corrected chi connectivity index (χ3v) is 4.79. The summed E-state index contributed by atoms with van der Waals surface area (Å²) in [6, 6.07) is 1.83. The van der Waals surface area contributed by atoms with Gasteiger partial charge in [-0.1, -0.05) is 18.9 Å². The van der Waals surface area contributed by atoms with Crippen LogP contribution in [0.3, 0.4) is 0 Å². The molecule has 0 saturated carbocycles. The van der Waals surface area contributed by atoms with Gasteiger partial charge in [0.15, 0.2) is 0 Å². The zero-order chi connectivity index (χ0) is 10.4. The molecule has 3 unspecified atom stereocenters. The summed E-state index contributed by atoms with van der Waals surface area (Å²) in [4.78, 5) is 2.83. The Bertz CT molecular complexity index is 292. The van der Waals surface area contributed by atoms with Crippen LogP contribution in [0.25, 0.3) is 0 Å². The van der Waals surface area contributed by atoms with E-state index in [2.05, 4.69) is 18.7 Å². The standard InChI is InChI=1S/C14H23N/c1-3-5-11-9-14-10(2)8-12-6-4-7-13(11)15(12)14/h11-13H,3-9H2,1-2H3. The summed E-state index contributed by atoms with van der Waals surface area (Å²) in [6.07, 6.45) is 10.0. The minimum Gasteiger partial charge on any atom is -0.368 e. The highest BCUT2D eigenvalue weighted by molar-refractivity contribution is 5.27. The summed E-state index contributed by atoms with van der Waals surface area (Å²) in [7, 11) is 0. The van der Waals surface area contributed by atoms with E-state index >= 15 is 0 Å². The lowest BCUT2D eigenvalue weighted by atomic mass is 9.86. The molecule has 1 heteroatoms. The Hall–Kier alpha value is -0.460. The van der Waals surface area contributed by atoms with Gasteiger partial charge in [-0.3, -0.25) is 0 Å². The Kier molecular flexibility index (Phi) is 2.30. The first-order chi connectivity index (χ1) is 7.31. The second kappa shape index (κ2) is 3.54. The molecule has 84 valence electrons. The molecule has 3 aliphatic heterocycles. The highest BCUT2D eigenvalue weighted by Gasteiger charge is 2.45. The van der Waals surface area contributed by atoms with Crippen LogP contribution in [0.15, 0.2) is 11.3 Å². The highest BCUT2D eigenvalue weighted by Crippen LogP contribution is 2.49. The summed E-state index contributed by atoms with van der Waals surface area (Å²) >= 11 is 0. The molecule has 15 heavy (non-hydrogen) atoms. The van der Waals surface area contributed by atoms with Gasteiger partial charge in [0, 0.05) is 17.8 Å². The zero-order valence-electron chi connectivity index (χ0n) is 10.1. The summed E-state index contributed by atoms with van der Waals surface area (Å²) in [5.41, 5.74) is 3.47. The van der Waals surface area contributed by atoms with E-state index in [0.717, 1.165) is 18.0 Å². The zero-order valence-corrected chi connectivity index (χ0v) is 10.1. The van der Waals surface area contributed by atoms with Crippen molar-refractivity contribution in [2.75, 3.05) is 0 Å². The van der Waals surface area contributed by atoms with E-state index in [1.54, 1.807) is 11.3 Å². The molecule has 3 atom stereocenters. The molecule has 2 saturated heterocycles. The molecule has 1 nitrogen and oxygen atoms in total. The topological polar surface area (TPSA) is 3.24 Å². The predicted octanol–water partition coefficient (Wildman–Crippen LogP) is 3.71. The van der Waals surface area contributed by atoms with Crippen LogP contribution in [-0.2, 0) is 0 Å². The van der Waals surface area contributed by atoms with Crippen LogP contribution in [0.2, 0.25) is 0 Å². The van der Waals surface area contributed by atoms with E-state index in [1.165, 1.54) is 44.9 Å². The van der Waals surface area contributed by atoms with Crippen molar-refractivity contribution in [2.24, 2.45) is 5.92 Å². The van der Waals surface area contributed by atoms with Gasteiger partial charge in [-0.25, -0.2) is 0 Å². The van der Waals surface area contributed by atoms with E-state index < -0.39 is 0 Å². The molecule has 3 aliphatic rings. The Morgan fingerprint density at radius 2 is 2.13 bits per heavy atom. The lowest BCUT2D eigenvalue weighted by Gasteiger charge is -2.38. The van der Waals surface area contributed by atoms with E-state index in [4.69, 9.17) is 0 Å². The fourth-order valence-corrected chi connectivity index (χ4v) is 4.22. The van der Waals surface area contributed by atoms with Crippen molar-refractivity contribution in [3.8, 4) is 0 Å². The van der Waals surface area contributed by atoms with Crippen LogP contribution in [0.1, 0.15) is 58.8 Å². The minimum absolute atomic E-state index is 0.903. The monoisotopic (exact) mass is 205 g/mol. The summed E-state index contributed by atoms with van der Waals surface area (Å²) in [6.45, 7) is 4.71. The van der Waals surface area contributed by atoms with Gasteiger partial charge < -0.3 is 4.90 Å². The molecule has 0 aliphatic carbocycles. The molecule has 3 heterocycles. The van der Waals surface area contributed by atoms with E-state index in [1.807, 2.05) is 0 Å². The maximum atomic E-state index is 2.83. The van der Waals surface area contributed by atoms with Gasteiger partial charge in [-0.05, 0) is 51.4 Å². The maximum absolute atomic E-state index is 2.83. The van der Waals surface area contributed by atoms with Crippen LogP contribution in [0.5, 0.6) is 0 Å². The third kappa shape index (κ3) is 1.35. The summed E-state index contributed by atoms with van der Waals surface area (Å²) in [5.74, 6) is 0.989. The van der Waals surface area contributed by atoms with Gasteiger partial charge in [-0.2, -0.15) is 0 Å². The smallest absolute Gasteiger partial charge is 0.0327 e. The van der Waals surface area contributed by atoms with Crippen LogP contribution in [-0.4, -0.2) is 17.0 Å². The highest BCUT2D eigenvalue weighted by atomic mass is 15.3. The molecule has 0 aromatic rings. The van der Waals surface area contributed by atoms with Crippen molar-refractivity contribution in [1.82, 2.24) is 4.90 Å². The van der Waals surface area contributed by atoms with Crippen molar-refractivity contribution in [2.45, 2.75) is 70.9 Å². The normalized spacial score (nSPS) is 38.8. The lowest BCUT2D eigenvalue weighted by Crippen LogP contribution is -2.41. The Balaban J connectivity index is 1.88. The summed E-state index contributed by atoms with van der Waals surface area (Å²) < 4.78 is 0. The summed E-state index contributed by atoms with van der Waals surface area (Å²) in [5, 5.41) is 0. The molecule has 0 spiro atoms. The van der Waals surface area contributed by atoms with E-state index in [-0.39, 0.29) is 0 Å². The van der Waals surface area contributed by atoms with Crippen LogP contribution in [0.4, 0.5) is 0 Å². The average Bonchev–Trinajstić information content (AvgIpc) is 2.73. The van der Waals surface area contributed by atoms with Gasteiger partial charge in [0.25, 0.3) is 0 Å². The van der Waals surface area contributed by atoms with Gasteiger partial charge >= 0.3 is 0 Å². The fraction of sp³-hybridized carbons (Fsp3) is 0.857. The quantitative estimate of drug-likeness (QED) is 0.664. The molecule has 0 aromatic heterocycles. The Morgan fingerprint density at radius 3 is 2.93 bits per heavy atom. The van der Waals surface area contributed by atoms with Crippen molar-refractivity contribution in [1.29, 1.82) is 0 Å². The molecule has 0 bridgehead atoms. The molecule has 3 rings (SSSR count). The SMILES string of the molecule is CCCC1CC2=C(C)CC3CCCC1N23. The number of piperidine rings is 1. The van der Waals surface area contributed by atoms with E-state index in [9.17, 15) is 0 Å². The van der Waals surface area contributed by atoms with Crippen molar-refractivity contribution in [3.63, 3.8) is 0 Å². The molecule has 0 radical (unpaired) electrons. The maximum Gasteiger partial charge on any atom is 0.0327 e. The lowest BCUT2D eigenvalue weighted by molar-refractivity contribution is 0.138. The average molecular weight is 205 g/mol. The first kappa shape index (κ1) is 9.74. The number of allylic oxidation sites excluding steroid dienone is 1.